The average molecular weight is 433 g/mol. The van der Waals surface area contributed by atoms with Crippen LogP contribution >= 0.6 is 11.3 Å². The zero-order chi connectivity index (χ0) is 20.8. The lowest BCUT2D eigenvalue weighted by Crippen LogP contribution is -2.17. The molecule has 2 aromatic heterocycles. The maximum Gasteiger partial charge on any atom is 0.183 e. The van der Waals surface area contributed by atoms with E-state index in [1.807, 2.05) is 18.3 Å². The van der Waals surface area contributed by atoms with Gasteiger partial charge in [0, 0.05) is 16.5 Å². The first kappa shape index (κ1) is 19.0. The van der Waals surface area contributed by atoms with E-state index in [0.29, 0.717) is 29.3 Å². The van der Waals surface area contributed by atoms with Crippen molar-refractivity contribution in [2.24, 2.45) is 0 Å². The van der Waals surface area contributed by atoms with Crippen LogP contribution in [0.4, 0.5) is 4.39 Å². The SMILES string of the molecule is Fc1cc(C2OCCCO2)ccc1-c1nc2cnc(C3(c4ccccc4)CC3)cc2s1. The predicted molar refractivity (Wildman–Crippen MR) is 119 cm³/mol. The number of thiazole rings is 1. The van der Waals surface area contributed by atoms with Crippen molar-refractivity contribution < 1.29 is 13.9 Å². The molecule has 4 aromatic rings. The number of hydrogen-bond donors (Lipinski definition) is 0. The van der Waals surface area contributed by atoms with Crippen LogP contribution in [0, 0.1) is 5.82 Å². The van der Waals surface area contributed by atoms with Crippen LogP contribution in [0.1, 0.15) is 42.4 Å². The summed E-state index contributed by atoms with van der Waals surface area (Å²) in [5.41, 5.74) is 4.38. The maximum absolute atomic E-state index is 15.0. The topological polar surface area (TPSA) is 44.2 Å². The fourth-order valence-electron chi connectivity index (χ4n) is 4.32. The molecular weight excluding hydrogens is 411 g/mol. The van der Waals surface area contributed by atoms with E-state index < -0.39 is 6.29 Å². The van der Waals surface area contributed by atoms with Crippen LogP contribution in [0.2, 0.25) is 0 Å². The van der Waals surface area contributed by atoms with Crippen molar-refractivity contribution in [3.63, 3.8) is 0 Å². The Morgan fingerprint density at radius 2 is 1.81 bits per heavy atom. The average Bonchev–Trinajstić information content (AvgIpc) is 3.53. The van der Waals surface area contributed by atoms with Gasteiger partial charge in [0.15, 0.2) is 6.29 Å². The summed E-state index contributed by atoms with van der Waals surface area (Å²) < 4.78 is 27.2. The molecule has 6 heteroatoms. The minimum Gasteiger partial charge on any atom is -0.348 e. The van der Waals surface area contributed by atoms with Crippen molar-refractivity contribution in [2.75, 3.05) is 13.2 Å². The highest BCUT2D eigenvalue weighted by atomic mass is 32.1. The van der Waals surface area contributed by atoms with Crippen LogP contribution in [0.3, 0.4) is 0 Å². The van der Waals surface area contributed by atoms with Crippen molar-refractivity contribution >= 4 is 21.6 Å². The lowest BCUT2D eigenvalue weighted by atomic mass is 9.92. The van der Waals surface area contributed by atoms with Gasteiger partial charge in [0.25, 0.3) is 0 Å². The molecule has 0 amide bonds. The normalized spacial score (nSPS) is 18.4. The number of benzene rings is 2. The molecule has 31 heavy (non-hydrogen) atoms. The molecule has 156 valence electrons. The van der Waals surface area contributed by atoms with E-state index >= 15 is 0 Å². The fraction of sp³-hybridized carbons (Fsp3) is 0.280. The molecule has 0 atom stereocenters. The molecule has 1 saturated heterocycles. The van der Waals surface area contributed by atoms with E-state index in [2.05, 4.69) is 35.3 Å². The molecule has 2 fully saturated rings. The van der Waals surface area contributed by atoms with Gasteiger partial charge in [-0.1, -0.05) is 36.4 Å². The van der Waals surface area contributed by atoms with Crippen molar-refractivity contribution in [2.45, 2.75) is 31.0 Å². The number of halogens is 1. The third-order valence-corrected chi connectivity index (χ3v) is 7.22. The zero-order valence-corrected chi connectivity index (χ0v) is 17.7. The predicted octanol–water partition coefficient (Wildman–Crippen LogP) is 6.01. The van der Waals surface area contributed by atoms with Gasteiger partial charge < -0.3 is 9.47 Å². The van der Waals surface area contributed by atoms with Crippen molar-refractivity contribution in [1.29, 1.82) is 0 Å². The fourth-order valence-corrected chi connectivity index (χ4v) is 5.32. The molecule has 2 aliphatic rings. The van der Waals surface area contributed by atoms with Gasteiger partial charge in [-0.2, -0.15) is 0 Å². The summed E-state index contributed by atoms with van der Waals surface area (Å²) in [6.07, 6.45) is 4.39. The molecule has 1 saturated carbocycles. The van der Waals surface area contributed by atoms with Gasteiger partial charge in [0.2, 0.25) is 0 Å². The third-order valence-electron chi connectivity index (χ3n) is 6.16. The Balaban J connectivity index is 1.33. The molecule has 1 aliphatic heterocycles. The summed E-state index contributed by atoms with van der Waals surface area (Å²) in [5, 5.41) is 0.660. The summed E-state index contributed by atoms with van der Waals surface area (Å²) in [5.74, 6) is -0.314. The number of nitrogens with zero attached hydrogens (tertiary/aromatic N) is 2. The van der Waals surface area contributed by atoms with Gasteiger partial charge in [-0.25, -0.2) is 9.37 Å². The Hall–Kier alpha value is -2.67. The van der Waals surface area contributed by atoms with Crippen LogP contribution < -0.4 is 0 Å². The molecule has 0 N–H and O–H groups in total. The highest BCUT2D eigenvalue weighted by Gasteiger charge is 2.47. The maximum atomic E-state index is 15.0. The molecule has 0 spiro atoms. The van der Waals surface area contributed by atoms with E-state index in [-0.39, 0.29) is 11.2 Å². The molecular formula is C25H21FN2O2S. The zero-order valence-electron chi connectivity index (χ0n) is 16.9. The molecule has 3 heterocycles. The number of fused-ring (bicyclic) bond motifs is 1. The first-order valence-electron chi connectivity index (χ1n) is 10.6. The van der Waals surface area contributed by atoms with Gasteiger partial charge in [-0.3, -0.25) is 4.98 Å². The molecule has 1 aliphatic carbocycles. The second kappa shape index (κ2) is 7.48. The highest BCUT2D eigenvalue weighted by Crippen LogP contribution is 2.53. The van der Waals surface area contributed by atoms with E-state index in [1.165, 1.54) is 23.0 Å². The van der Waals surface area contributed by atoms with Gasteiger partial charge in [0.05, 0.1) is 29.8 Å². The summed E-state index contributed by atoms with van der Waals surface area (Å²) in [7, 11) is 0. The molecule has 4 nitrogen and oxygen atoms in total. The number of aromatic nitrogens is 2. The van der Waals surface area contributed by atoms with Crippen LogP contribution in [0.5, 0.6) is 0 Å². The molecule has 0 bridgehead atoms. The second-order valence-electron chi connectivity index (χ2n) is 8.17. The van der Waals surface area contributed by atoms with Crippen molar-refractivity contribution in [1.82, 2.24) is 9.97 Å². The van der Waals surface area contributed by atoms with Crippen molar-refractivity contribution in [3.05, 3.63) is 83.4 Å². The van der Waals surface area contributed by atoms with E-state index in [9.17, 15) is 4.39 Å². The van der Waals surface area contributed by atoms with E-state index in [4.69, 9.17) is 14.5 Å². The Morgan fingerprint density at radius 1 is 1.00 bits per heavy atom. The van der Waals surface area contributed by atoms with Crippen LogP contribution in [-0.2, 0) is 14.9 Å². The molecule has 0 radical (unpaired) electrons. The lowest BCUT2D eigenvalue weighted by molar-refractivity contribution is -0.183. The molecule has 6 rings (SSSR count). The molecule has 2 aromatic carbocycles. The van der Waals surface area contributed by atoms with E-state index in [1.54, 1.807) is 6.07 Å². The third kappa shape index (κ3) is 3.35. The summed E-state index contributed by atoms with van der Waals surface area (Å²) in [6, 6.07) is 17.8. The quantitative estimate of drug-likeness (QED) is 0.396. The Kier molecular flexibility index (Phi) is 4.60. The first-order valence-corrected chi connectivity index (χ1v) is 11.4. The Bertz CT molecular complexity index is 1250. The second-order valence-corrected chi connectivity index (χ2v) is 9.20. The van der Waals surface area contributed by atoms with Gasteiger partial charge in [-0.05, 0) is 43.0 Å². The van der Waals surface area contributed by atoms with Crippen LogP contribution in [0.15, 0.2) is 60.8 Å². The number of rotatable bonds is 4. The molecule has 0 unspecified atom stereocenters. The van der Waals surface area contributed by atoms with Gasteiger partial charge in [-0.15, -0.1) is 11.3 Å². The summed E-state index contributed by atoms with van der Waals surface area (Å²) in [4.78, 5) is 9.40. The lowest BCUT2D eigenvalue weighted by Gasteiger charge is -2.23. The van der Waals surface area contributed by atoms with Crippen molar-refractivity contribution in [3.8, 4) is 10.6 Å². The standard InChI is InChI=1S/C25H21FN2O2S/c26-19-13-16(24-29-11-4-12-30-24)7-8-18(19)23-28-20-15-27-22(14-21(20)31-23)25(9-10-25)17-5-2-1-3-6-17/h1-3,5-8,13-15,24H,4,9-12H2. The Morgan fingerprint density at radius 3 is 2.55 bits per heavy atom. The Labute approximate surface area is 183 Å². The monoisotopic (exact) mass is 432 g/mol. The number of ether oxygens (including phenoxy) is 2. The summed E-state index contributed by atoms with van der Waals surface area (Å²) >= 11 is 1.51. The smallest absolute Gasteiger partial charge is 0.183 e. The summed E-state index contributed by atoms with van der Waals surface area (Å²) in [6.45, 7) is 1.26. The highest BCUT2D eigenvalue weighted by molar-refractivity contribution is 7.21. The van der Waals surface area contributed by atoms with Gasteiger partial charge >= 0.3 is 0 Å². The van der Waals surface area contributed by atoms with E-state index in [0.717, 1.165) is 35.2 Å². The largest absolute Gasteiger partial charge is 0.348 e. The van der Waals surface area contributed by atoms with Crippen LogP contribution in [0.25, 0.3) is 20.8 Å². The minimum atomic E-state index is -0.493. The minimum absolute atomic E-state index is 0.00645. The van der Waals surface area contributed by atoms with Gasteiger partial charge in [0.1, 0.15) is 16.3 Å². The number of hydrogen-bond acceptors (Lipinski definition) is 5. The van der Waals surface area contributed by atoms with Crippen LogP contribution in [-0.4, -0.2) is 23.2 Å². The number of pyridine rings is 1. The first-order chi connectivity index (χ1) is 15.2.